The van der Waals surface area contributed by atoms with Gasteiger partial charge in [0.15, 0.2) is 0 Å². The average Bonchev–Trinajstić information content (AvgIpc) is 3.07. The summed E-state index contributed by atoms with van der Waals surface area (Å²) in [4.78, 5) is 3.43. The van der Waals surface area contributed by atoms with E-state index in [2.05, 4.69) is 14.5 Å². The number of hydrogen-bond donors (Lipinski definition) is 1. The summed E-state index contributed by atoms with van der Waals surface area (Å²) >= 11 is 0.636. The summed E-state index contributed by atoms with van der Waals surface area (Å²) in [7, 11) is 0. The molecule has 2 N–H and O–H groups in total. The van der Waals surface area contributed by atoms with E-state index in [0.29, 0.717) is 17.2 Å². The fourth-order valence-electron chi connectivity index (χ4n) is 1.72. The monoisotopic (exact) mass is 311 g/mol. The Morgan fingerprint density at radius 3 is 2.67 bits per heavy atom. The van der Waals surface area contributed by atoms with Gasteiger partial charge in [0.1, 0.15) is 0 Å². The van der Waals surface area contributed by atoms with Gasteiger partial charge in [-0.2, -0.15) is 27.6 Å². The molecule has 3 aromatic rings. The smallest absolute Gasteiger partial charge is 0.399 e. The van der Waals surface area contributed by atoms with Gasteiger partial charge in [-0.15, -0.1) is 0 Å². The molecule has 0 aliphatic carbocycles. The summed E-state index contributed by atoms with van der Waals surface area (Å²) in [6, 6.07) is 7.12. The molecule has 0 aliphatic heterocycles. The van der Waals surface area contributed by atoms with Crippen LogP contribution in [-0.2, 0) is 6.18 Å². The normalized spacial score (nSPS) is 11.8. The molecule has 0 unspecified atom stereocenters. The Morgan fingerprint density at radius 1 is 1.19 bits per heavy atom. The van der Waals surface area contributed by atoms with Gasteiger partial charge in [-0.1, -0.05) is 12.1 Å². The highest BCUT2D eigenvalue weighted by Crippen LogP contribution is 2.29. The first-order valence-electron chi connectivity index (χ1n) is 5.75. The molecule has 0 bridgehead atoms. The molecule has 5 nitrogen and oxygen atoms in total. The van der Waals surface area contributed by atoms with Gasteiger partial charge in [0.25, 0.3) is 0 Å². The lowest BCUT2D eigenvalue weighted by atomic mass is 10.1. The number of benzene rings is 1. The van der Waals surface area contributed by atoms with Gasteiger partial charge >= 0.3 is 6.18 Å². The summed E-state index contributed by atoms with van der Waals surface area (Å²) < 4.78 is 41.9. The first-order chi connectivity index (χ1) is 9.93. The lowest BCUT2D eigenvalue weighted by Gasteiger charge is -1.98. The van der Waals surface area contributed by atoms with Crippen molar-refractivity contribution in [3.8, 4) is 16.3 Å². The third-order valence-electron chi connectivity index (χ3n) is 2.67. The number of anilines is 1. The molecule has 0 fully saturated rings. The summed E-state index contributed by atoms with van der Waals surface area (Å²) in [5, 5.41) is 4.06. The second-order valence-corrected chi connectivity index (χ2v) is 4.93. The number of nitrogens with zero attached hydrogens (tertiary/aromatic N) is 4. The van der Waals surface area contributed by atoms with Crippen LogP contribution in [-0.4, -0.2) is 19.1 Å². The van der Waals surface area contributed by atoms with E-state index in [1.165, 1.54) is 10.9 Å². The number of rotatable bonds is 2. The second kappa shape index (κ2) is 4.85. The van der Waals surface area contributed by atoms with Crippen molar-refractivity contribution >= 4 is 17.2 Å². The second-order valence-electron chi connectivity index (χ2n) is 4.20. The van der Waals surface area contributed by atoms with Gasteiger partial charge in [-0.05, 0) is 17.7 Å². The van der Waals surface area contributed by atoms with Gasteiger partial charge < -0.3 is 5.73 Å². The van der Waals surface area contributed by atoms with Crippen LogP contribution < -0.4 is 5.73 Å². The Morgan fingerprint density at radius 2 is 2.00 bits per heavy atom. The quantitative estimate of drug-likeness (QED) is 0.739. The van der Waals surface area contributed by atoms with Crippen molar-refractivity contribution in [3.05, 3.63) is 42.5 Å². The van der Waals surface area contributed by atoms with Crippen LogP contribution in [0.15, 0.2) is 36.7 Å². The Kier molecular flexibility index (Phi) is 3.13. The highest BCUT2D eigenvalue weighted by atomic mass is 32.1. The predicted molar refractivity (Wildman–Crippen MR) is 71.9 cm³/mol. The van der Waals surface area contributed by atoms with Gasteiger partial charge in [0, 0.05) is 29.0 Å². The van der Waals surface area contributed by atoms with Crippen molar-refractivity contribution in [3.63, 3.8) is 0 Å². The van der Waals surface area contributed by atoms with Crippen LogP contribution in [0.1, 0.15) is 5.82 Å². The molecule has 108 valence electrons. The minimum atomic E-state index is -4.56. The Hall–Kier alpha value is -2.42. The fraction of sp³-hybridized carbons (Fsp3) is 0.0833. The molecular formula is C12H8F3N5S. The molecular weight excluding hydrogens is 303 g/mol. The van der Waals surface area contributed by atoms with Crippen molar-refractivity contribution in [2.45, 2.75) is 6.18 Å². The number of nitrogens with two attached hydrogens (primary N) is 1. The maximum absolute atomic E-state index is 12.5. The van der Waals surface area contributed by atoms with Gasteiger partial charge in [0.05, 0.1) is 6.20 Å². The topological polar surface area (TPSA) is 69.6 Å². The van der Waals surface area contributed by atoms with E-state index in [1.54, 1.807) is 24.4 Å². The molecule has 1 aromatic carbocycles. The van der Waals surface area contributed by atoms with E-state index >= 15 is 0 Å². The number of halogens is 3. The highest BCUT2D eigenvalue weighted by molar-refractivity contribution is 7.08. The maximum atomic E-state index is 12.5. The van der Waals surface area contributed by atoms with E-state index < -0.39 is 12.0 Å². The zero-order valence-electron chi connectivity index (χ0n) is 10.4. The molecule has 0 radical (unpaired) electrons. The van der Waals surface area contributed by atoms with Crippen LogP contribution in [0.4, 0.5) is 18.9 Å². The van der Waals surface area contributed by atoms with Crippen molar-refractivity contribution < 1.29 is 13.2 Å². The van der Waals surface area contributed by atoms with E-state index in [9.17, 15) is 13.2 Å². The molecule has 21 heavy (non-hydrogen) atoms. The van der Waals surface area contributed by atoms with Crippen molar-refractivity contribution in [2.75, 3.05) is 5.73 Å². The average molecular weight is 311 g/mol. The van der Waals surface area contributed by atoms with Gasteiger partial charge in [-0.3, -0.25) is 0 Å². The zero-order chi connectivity index (χ0) is 15.0. The highest BCUT2D eigenvalue weighted by Gasteiger charge is 2.36. The van der Waals surface area contributed by atoms with Crippen LogP contribution in [0.3, 0.4) is 0 Å². The van der Waals surface area contributed by atoms with Gasteiger partial charge in [-0.25, -0.2) is 4.68 Å². The minimum absolute atomic E-state index is 0.0532. The number of aromatic nitrogens is 4. The molecule has 0 aliphatic rings. The Balaban J connectivity index is 1.93. The number of hydrogen-bond acceptors (Lipinski definition) is 5. The predicted octanol–water partition coefficient (Wildman–Crippen LogP) is 2.99. The Labute approximate surface area is 121 Å². The first-order valence-corrected chi connectivity index (χ1v) is 6.53. The van der Waals surface area contributed by atoms with E-state index in [1.807, 2.05) is 6.07 Å². The van der Waals surface area contributed by atoms with Crippen LogP contribution in [0.5, 0.6) is 0 Å². The largest absolute Gasteiger partial charge is 0.452 e. The van der Waals surface area contributed by atoms with Crippen LogP contribution in [0.25, 0.3) is 16.3 Å². The molecule has 0 spiro atoms. The molecule has 2 aromatic heterocycles. The van der Waals surface area contributed by atoms with E-state index in [-0.39, 0.29) is 5.13 Å². The van der Waals surface area contributed by atoms with Gasteiger partial charge in [0.2, 0.25) is 11.0 Å². The van der Waals surface area contributed by atoms with E-state index in [4.69, 9.17) is 5.73 Å². The van der Waals surface area contributed by atoms with Crippen molar-refractivity contribution in [1.29, 1.82) is 0 Å². The number of nitrogen functional groups attached to an aromatic ring is 1. The summed E-state index contributed by atoms with van der Waals surface area (Å²) in [5.74, 6) is -1.16. The molecule has 0 atom stereocenters. The van der Waals surface area contributed by atoms with Crippen LogP contribution in [0.2, 0.25) is 0 Å². The molecule has 2 heterocycles. The standard InChI is InChI=1S/C12H8F3N5S/c13-12(14,15)10-18-11(21-19-10)20-6-8(5-17-20)7-2-1-3-9(16)4-7/h1-6H,16H2. The lowest BCUT2D eigenvalue weighted by molar-refractivity contribution is -0.144. The van der Waals surface area contributed by atoms with Crippen LogP contribution in [0, 0.1) is 0 Å². The molecule has 3 rings (SSSR count). The summed E-state index contributed by atoms with van der Waals surface area (Å²) in [5.41, 5.74) is 7.83. The zero-order valence-corrected chi connectivity index (χ0v) is 11.2. The molecule has 0 saturated carbocycles. The SMILES string of the molecule is Nc1cccc(-c2cnn(-c3nc(C(F)(F)F)ns3)c2)c1. The molecule has 9 heteroatoms. The minimum Gasteiger partial charge on any atom is -0.399 e. The van der Waals surface area contributed by atoms with Crippen molar-refractivity contribution in [2.24, 2.45) is 0 Å². The molecule has 0 amide bonds. The third kappa shape index (κ3) is 2.72. The molecule has 0 saturated heterocycles. The van der Waals surface area contributed by atoms with E-state index in [0.717, 1.165) is 11.1 Å². The third-order valence-corrected chi connectivity index (χ3v) is 3.37. The lowest BCUT2D eigenvalue weighted by Crippen LogP contribution is -2.07. The summed E-state index contributed by atoms with van der Waals surface area (Å²) in [6.07, 6.45) is -1.45. The first kappa shape index (κ1) is 13.6. The maximum Gasteiger partial charge on any atom is 0.452 e. The van der Waals surface area contributed by atoms with Crippen molar-refractivity contribution in [1.82, 2.24) is 19.1 Å². The fourth-order valence-corrected chi connectivity index (χ4v) is 2.34. The van der Waals surface area contributed by atoms with Crippen LogP contribution >= 0.6 is 11.5 Å². The number of alkyl halides is 3. The Bertz CT molecular complexity index is 777. The summed E-state index contributed by atoms with van der Waals surface area (Å²) in [6.45, 7) is 0.